The van der Waals surface area contributed by atoms with Crippen LogP contribution in [0.3, 0.4) is 0 Å². The highest BCUT2D eigenvalue weighted by Crippen LogP contribution is 2.30. The van der Waals surface area contributed by atoms with Crippen molar-refractivity contribution in [2.24, 2.45) is 5.92 Å². The molecule has 1 aromatic rings. The highest BCUT2D eigenvalue weighted by Gasteiger charge is 2.24. The Kier molecular flexibility index (Phi) is 4.40. The van der Waals surface area contributed by atoms with Gasteiger partial charge in [0.15, 0.2) is 0 Å². The molecule has 0 amide bonds. The summed E-state index contributed by atoms with van der Waals surface area (Å²) in [6.45, 7) is 1.38. The predicted octanol–water partition coefficient (Wildman–Crippen LogP) is 2.12. The zero-order valence-corrected chi connectivity index (χ0v) is 10.4. The maximum absolute atomic E-state index is 8.83. The summed E-state index contributed by atoms with van der Waals surface area (Å²) in [6, 6.07) is 8.75. The molecule has 0 radical (unpaired) electrons. The van der Waals surface area contributed by atoms with Crippen molar-refractivity contribution in [1.82, 2.24) is 5.32 Å². The average molecular weight is 235 g/mol. The fourth-order valence-corrected chi connectivity index (χ4v) is 2.50. The minimum atomic E-state index is 0.309. The van der Waals surface area contributed by atoms with Crippen molar-refractivity contribution in [3.8, 4) is 5.75 Å². The lowest BCUT2D eigenvalue weighted by Gasteiger charge is -2.11. The minimum absolute atomic E-state index is 0.309. The van der Waals surface area contributed by atoms with E-state index in [9.17, 15) is 0 Å². The second-order valence-electron chi connectivity index (χ2n) is 4.70. The summed E-state index contributed by atoms with van der Waals surface area (Å²) >= 11 is 0. The molecule has 1 aliphatic rings. The lowest BCUT2D eigenvalue weighted by Crippen LogP contribution is -2.13. The van der Waals surface area contributed by atoms with E-state index in [1.54, 1.807) is 7.11 Å². The van der Waals surface area contributed by atoms with Crippen molar-refractivity contribution < 1.29 is 9.84 Å². The molecule has 1 aliphatic heterocycles. The van der Waals surface area contributed by atoms with Crippen LogP contribution in [-0.2, 0) is 0 Å². The molecule has 0 spiro atoms. The number of ether oxygens (including phenoxy) is 1. The van der Waals surface area contributed by atoms with Crippen LogP contribution in [0, 0.1) is 5.92 Å². The van der Waals surface area contributed by atoms with Crippen molar-refractivity contribution in [2.75, 3.05) is 20.3 Å². The van der Waals surface area contributed by atoms with E-state index < -0.39 is 0 Å². The molecule has 0 aliphatic carbocycles. The third kappa shape index (κ3) is 3.20. The SMILES string of the molecule is COc1ccc(C2CC(CCCO)CN2)cc1. The minimum Gasteiger partial charge on any atom is -0.497 e. The van der Waals surface area contributed by atoms with Gasteiger partial charge in [-0.2, -0.15) is 0 Å². The van der Waals surface area contributed by atoms with Crippen LogP contribution in [0.2, 0.25) is 0 Å². The molecule has 2 atom stereocenters. The van der Waals surface area contributed by atoms with Crippen molar-refractivity contribution in [2.45, 2.75) is 25.3 Å². The Bertz CT molecular complexity index is 337. The summed E-state index contributed by atoms with van der Waals surface area (Å²) < 4.78 is 5.16. The summed E-state index contributed by atoms with van der Waals surface area (Å²) in [5, 5.41) is 12.4. The Hall–Kier alpha value is -1.06. The van der Waals surface area contributed by atoms with E-state index in [-0.39, 0.29) is 0 Å². The van der Waals surface area contributed by atoms with Gasteiger partial charge in [0.1, 0.15) is 5.75 Å². The second-order valence-corrected chi connectivity index (χ2v) is 4.70. The van der Waals surface area contributed by atoms with Crippen molar-refractivity contribution >= 4 is 0 Å². The molecule has 94 valence electrons. The fourth-order valence-electron chi connectivity index (χ4n) is 2.50. The van der Waals surface area contributed by atoms with Gasteiger partial charge in [-0.05, 0) is 49.4 Å². The standard InChI is InChI=1S/C14H21NO2/c1-17-13-6-4-12(5-7-13)14-9-11(10-15-14)3-2-8-16/h4-7,11,14-16H,2-3,8-10H2,1H3. The highest BCUT2D eigenvalue weighted by molar-refractivity contribution is 5.29. The van der Waals surface area contributed by atoms with E-state index >= 15 is 0 Å². The van der Waals surface area contributed by atoms with Gasteiger partial charge in [0.05, 0.1) is 7.11 Å². The smallest absolute Gasteiger partial charge is 0.118 e. The normalized spacial score (nSPS) is 23.9. The van der Waals surface area contributed by atoms with Crippen LogP contribution in [-0.4, -0.2) is 25.4 Å². The van der Waals surface area contributed by atoms with E-state index in [2.05, 4.69) is 17.4 Å². The van der Waals surface area contributed by atoms with E-state index in [4.69, 9.17) is 9.84 Å². The number of aliphatic hydroxyl groups excluding tert-OH is 1. The Morgan fingerprint density at radius 1 is 1.35 bits per heavy atom. The first-order valence-electron chi connectivity index (χ1n) is 6.31. The molecule has 0 aromatic heterocycles. The van der Waals surface area contributed by atoms with Crippen molar-refractivity contribution in [1.29, 1.82) is 0 Å². The van der Waals surface area contributed by atoms with Gasteiger partial charge in [0, 0.05) is 12.6 Å². The molecule has 1 fully saturated rings. The first-order valence-corrected chi connectivity index (χ1v) is 6.31. The highest BCUT2D eigenvalue weighted by atomic mass is 16.5. The van der Waals surface area contributed by atoms with E-state index in [1.807, 2.05) is 12.1 Å². The van der Waals surface area contributed by atoms with Gasteiger partial charge in [-0.25, -0.2) is 0 Å². The average Bonchev–Trinajstić information content (AvgIpc) is 2.85. The summed E-state index contributed by atoms with van der Waals surface area (Å²) in [4.78, 5) is 0. The fraction of sp³-hybridized carbons (Fsp3) is 0.571. The molecule has 0 saturated carbocycles. The molecule has 2 N–H and O–H groups in total. The first-order chi connectivity index (χ1) is 8.33. The molecule has 3 heteroatoms. The molecule has 0 bridgehead atoms. The van der Waals surface area contributed by atoms with Crippen LogP contribution in [0.25, 0.3) is 0 Å². The third-order valence-corrected chi connectivity index (χ3v) is 3.51. The van der Waals surface area contributed by atoms with Crippen molar-refractivity contribution in [3.05, 3.63) is 29.8 Å². The van der Waals surface area contributed by atoms with Gasteiger partial charge in [0.2, 0.25) is 0 Å². The van der Waals surface area contributed by atoms with Crippen LogP contribution in [0.5, 0.6) is 5.75 Å². The number of rotatable bonds is 5. The van der Waals surface area contributed by atoms with Crippen LogP contribution in [0.4, 0.5) is 0 Å². The van der Waals surface area contributed by atoms with Crippen LogP contribution in [0.15, 0.2) is 24.3 Å². The maximum Gasteiger partial charge on any atom is 0.118 e. The number of nitrogens with one attached hydrogen (secondary N) is 1. The molecule has 2 rings (SSSR count). The van der Waals surface area contributed by atoms with E-state index in [1.165, 1.54) is 12.0 Å². The number of hydrogen-bond donors (Lipinski definition) is 2. The van der Waals surface area contributed by atoms with Crippen LogP contribution >= 0.6 is 0 Å². The van der Waals surface area contributed by atoms with Gasteiger partial charge in [-0.3, -0.25) is 0 Å². The quantitative estimate of drug-likeness (QED) is 0.821. The van der Waals surface area contributed by atoms with Gasteiger partial charge in [-0.15, -0.1) is 0 Å². The lowest BCUT2D eigenvalue weighted by atomic mass is 9.96. The first kappa shape index (κ1) is 12.4. The molecule has 1 aromatic carbocycles. The van der Waals surface area contributed by atoms with Crippen LogP contribution < -0.4 is 10.1 Å². The molecule has 17 heavy (non-hydrogen) atoms. The van der Waals surface area contributed by atoms with Crippen molar-refractivity contribution in [3.63, 3.8) is 0 Å². The molecule has 1 saturated heterocycles. The second kappa shape index (κ2) is 6.03. The number of hydrogen-bond acceptors (Lipinski definition) is 3. The topological polar surface area (TPSA) is 41.5 Å². The lowest BCUT2D eigenvalue weighted by molar-refractivity contribution is 0.273. The Morgan fingerprint density at radius 2 is 2.12 bits per heavy atom. The Morgan fingerprint density at radius 3 is 2.76 bits per heavy atom. The van der Waals surface area contributed by atoms with Crippen LogP contribution in [0.1, 0.15) is 30.9 Å². The zero-order chi connectivity index (χ0) is 12.1. The Labute approximate surface area is 103 Å². The van der Waals surface area contributed by atoms with Gasteiger partial charge >= 0.3 is 0 Å². The van der Waals surface area contributed by atoms with Gasteiger partial charge in [0.25, 0.3) is 0 Å². The van der Waals surface area contributed by atoms with E-state index in [0.29, 0.717) is 18.6 Å². The zero-order valence-electron chi connectivity index (χ0n) is 10.4. The molecule has 1 heterocycles. The van der Waals surface area contributed by atoms with Gasteiger partial charge < -0.3 is 15.2 Å². The molecule has 2 unspecified atom stereocenters. The summed E-state index contributed by atoms with van der Waals surface area (Å²) in [6.07, 6.45) is 3.21. The molecular formula is C14H21NO2. The maximum atomic E-state index is 8.83. The number of benzene rings is 1. The molecular weight excluding hydrogens is 214 g/mol. The Balaban J connectivity index is 1.90. The predicted molar refractivity (Wildman–Crippen MR) is 68.2 cm³/mol. The number of methoxy groups -OCH3 is 1. The third-order valence-electron chi connectivity index (χ3n) is 3.51. The summed E-state index contributed by atoms with van der Waals surface area (Å²) in [5.74, 6) is 1.61. The van der Waals surface area contributed by atoms with Gasteiger partial charge in [-0.1, -0.05) is 12.1 Å². The summed E-state index contributed by atoms with van der Waals surface area (Å²) in [5.41, 5.74) is 1.33. The summed E-state index contributed by atoms with van der Waals surface area (Å²) in [7, 11) is 1.69. The van der Waals surface area contributed by atoms with E-state index in [0.717, 1.165) is 25.1 Å². The monoisotopic (exact) mass is 235 g/mol. The number of aliphatic hydroxyl groups is 1. The molecule has 3 nitrogen and oxygen atoms in total. The largest absolute Gasteiger partial charge is 0.497 e.